The van der Waals surface area contributed by atoms with Gasteiger partial charge < -0.3 is 15.0 Å². The minimum absolute atomic E-state index is 0.590. The molecule has 5 nitrogen and oxygen atoms in total. The molecule has 0 saturated heterocycles. The summed E-state index contributed by atoms with van der Waals surface area (Å²) in [6, 6.07) is 9.78. The van der Waals surface area contributed by atoms with E-state index in [0.717, 1.165) is 42.7 Å². The number of hydrogen-bond acceptors (Lipinski definition) is 5. The van der Waals surface area contributed by atoms with Crippen molar-refractivity contribution < 1.29 is 15.0 Å². The van der Waals surface area contributed by atoms with Crippen LogP contribution < -0.4 is 10.5 Å². The van der Waals surface area contributed by atoms with Crippen LogP contribution in [0.1, 0.15) is 35.6 Å². The number of quaternary nitrogens is 1. The zero-order valence-corrected chi connectivity index (χ0v) is 16.0. The second kappa shape index (κ2) is 8.78. The van der Waals surface area contributed by atoms with Crippen molar-refractivity contribution in [1.82, 2.24) is 10.1 Å². The Morgan fingerprint density at radius 1 is 1.23 bits per heavy atom. The van der Waals surface area contributed by atoms with E-state index in [-0.39, 0.29) is 0 Å². The number of methoxy groups -OCH3 is 1. The molecule has 0 amide bonds. The Kier molecular flexibility index (Phi) is 6.20. The summed E-state index contributed by atoms with van der Waals surface area (Å²) in [5.74, 6) is 1.99. The first kappa shape index (κ1) is 18.4. The van der Waals surface area contributed by atoms with E-state index in [1.54, 1.807) is 18.4 Å². The van der Waals surface area contributed by atoms with E-state index < -0.39 is 0 Å². The number of thiophene rings is 1. The Morgan fingerprint density at radius 2 is 2.04 bits per heavy atom. The molecule has 0 radical (unpaired) electrons. The van der Waals surface area contributed by atoms with Crippen LogP contribution >= 0.6 is 11.3 Å². The van der Waals surface area contributed by atoms with Crippen molar-refractivity contribution in [2.75, 3.05) is 13.7 Å². The minimum Gasteiger partial charge on any atom is -0.497 e. The number of rotatable bonds is 8. The Labute approximate surface area is 157 Å². The van der Waals surface area contributed by atoms with E-state index in [1.807, 2.05) is 24.3 Å². The van der Waals surface area contributed by atoms with Crippen LogP contribution in [-0.2, 0) is 0 Å². The molecule has 0 atom stereocenters. The van der Waals surface area contributed by atoms with Crippen molar-refractivity contribution in [3.8, 4) is 17.1 Å². The monoisotopic (exact) mass is 370 g/mol. The van der Waals surface area contributed by atoms with Crippen LogP contribution in [0.4, 0.5) is 0 Å². The molecule has 0 aliphatic heterocycles. The van der Waals surface area contributed by atoms with E-state index in [9.17, 15) is 0 Å². The molecule has 3 N–H and O–H groups in total. The number of aromatic nitrogens is 2. The van der Waals surface area contributed by atoms with Gasteiger partial charge in [0.25, 0.3) is 5.89 Å². The van der Waals surface area contributed by atoms with Gasteiger partial charge in [-0.25, -0.2) is 0 Å². The van der Waals surface area contributed by atoms with Crippen molar-refractivity contribution in [1.29, 1.82) is 0 Å². The smallest absolute Gasteiger partial charge is 0.254 e. The lowest BCUT2D eigenvalue weighted by Crippen LogP contribution is -2.50. The van der Waals surface area contributed by atoms with Crippen LogP contribution in [0.2, 0.25) is 0 Å². The fraction of sp³-hybridized carbons (Fsp3) is 0.300. The highest BCUT2D eigenvalue weighted by Crippen LogP contribution is 2.28. The molecule has 3 rings (SSSR count). The molecule has 0 spiro atoms. The lowest BCUT2D eigenvalue weighted by atomic mass is 10.1. The number of unbranched alkanes of at least 4 members (excludes halogenated alkanes) is 1. The average Bonchev–Trinajstić information content (AvgIpc) is 3.31. The van der Waals surface area contributed by atoms with Gasteiger partial charge in [0, 0.05) is 16.0 Å². The van der Waals surface area contributed by atoms with Gasteiger partial charge in [-0.15, -0.1) is 11.3 Å². The van der Waals surface area contributed by atoms with Crippen LogP contribution in [0.5, 0.6) is 5.75 Å². The minimum atomic E-state index is 0.590. The maximum absolute atomic E-state index is 5.59. The number of aryl methyl sites for hydroxylation is 1. The maximum atomic E-state index is 5.59. The standard InChI is InChI=1S/C20H23N3O2S/c1-14-10-12-26-18(14)13-16(5-3-4-11-21)20-22-19(23-25-20)15-6-8-17(24-2)9-7-15/h6-10,12-13H,3-5,11,21H2,1-2H3/p+1/b16-13+. The van der Waals surface area contributed by atoms with Gasteiger partial charge in [-0.1, -0.05) is 5.16 Å². The van der Waals surface area contributed by atoms with Crippen LogP contribution in [0.3, 0.4) is 0 Å². The Hall–Kier alpha value is -2.44. The zero-order valence-electron chi connectivity index (χ0n) is 15.2. The lowest BCUT2D eigenvalue weighted by molar-refractivity contribution is -0.368. The summed E-state index contributed by atoms with van der Waals surface area (Å²) in [7, 11) is 1.65. The first-order valence-electron chi connectivity index (χ1n) is 8.73. The summed E-state index contributed by atoms with van der Waals surface area (Å²) < 4.78 is 10.8. The third kappa shape index (κ3) is 4.39. The van der Waals surface area contributed by atoms with Gasteiger partial charge in [-0.2, -0.15) is 4.98 Å². The second-order valence-electron chi connectivity index (χ2n) is 6.10. The van der Waals surface area contributed by atoms with Gasteiger partial charge in [0.05, 0.1) is 13.7 Å². The number of hydrogen-bond donors (Lipinski definition) is 1. The lowest BCUT2D eigenvalue weighted by Gasteiger charge is -2.02. The first-order chi connectivity index (χ1) is 12.7. The third-order valence-electron chi connectivity index (χ3n) is 4.20. The summed E-state index contributed by atoms with van der Waals surface area (Å²) in [6.07, 6.45) is 5.21. The van der Waals surface area contributed by atoms with E-state index in [2.05, 4.69) is 40.3 Å². The molecule has 0 bridgehead atoms. The SMILES string of the molecule is COc1ccc(-c2noc(/C(=C/c3sccc3C)CCCC[NH3+])n2)cc1. The maximum Gasteiger partial charge on any atom is 0.254 e. The molecule has 136 valence electrons. The predicted molar refractivity (Wildman–Crippen MR) is 105 cm³/mol. The molecule has 2 aromatic heterocycles. The number of allylic oxidation sites excluding steroid dienone is 1. The molecule has 6 heteroatoms. The number of benzene rings is 1. The summed E-state index contributed by atoms with van der Waals surface area (Å²) in [5.41, 5.74) is 7.17. The van der Waals surface area contributed by atoms with E-state index in [4.69, 9.17) is 9.26 Å². The molecule has 0 aliphatic rings. The molecule has 0 saturated carbocycles. The summed E-state index contributed by atoms with van der Waals surface area (Å²) in [4.78, 5) is 5.86. The molecule has 0 fully saturated rings. The number of nitrogens with zero attached hydrogens (tertiary/aromatic N) is 2. The third-order valence-corrected chi connectivity index (χ3v) is 5.17. The van der Waals surface area contributed by atoms with Crippen LogP contribution in [0.25, 0.3) is 23.0 Å². The van der Waals surface area contributed by atoms with E-state index >= 15 is 0 Å². The Bertz CT molecular complexity index is 865. The van der Waals surface area contributed by atoms with Crippen molar-refractivity contribution in [3.63, 3.8) is 0 Å². The van der Waals surface area contributed by atoms with Gasteiger partial charge in [-0.3, -0.25) is 0 Å². The van der Waals surface area contributed by atoms with E-state index in [1.165, 1.54) is 10.4 Å². The van der Waals surface area contributed by atoms with Gasteiger partial charge in [0.2, 0.25) is 5.82 Å². The normalized spacial score (nSPS) is 11.7. The molecule has 26 heavy (non-hydrogen) atoms. The Balaban J connectivity index is 1.87. The highest BCUT2D eigenvalue weighted by molar-refractivity contribution is 7.11. The highest BCUT2D eigenvalue weighted by atomic mass is 32.1. The fourth-order valence-electron chi connectivity index (χ4n) is 2.63. The summed E-state index contributed by atoms with van der Waals surface area (Å²) in [6.45, 7) is 3.05. The molecular weight excluding hydrogens is 346 g/mol. The van der Waals surface area contributed by atoms with Gasteiger partial charge in [0.15, 0.2) is 0 Å². The second-order valence-corrected chi connectivity index (χ2v) is 7.05. The van der Waals surface area contributed by atoms with Crippen LogP contribution in [0.15, 0.2) is 40.2 Å². The molecular formula is C20H24N3O2S+. The topological polar surface area (TPSA) is 75.8 Å². The Morgan fingerprint density at radius 3 is 2.69 bits per heavy atom. The van der Waals surface area contributed by atoms with Crippen molar-refractivity contribution >= 4 is 23.0 Å². The molecule has 3 aromatic rings. The number of ether oxygens (including phenoxy) is 1. The average molecular weight is 370 g/mol. The van der Waals surface area contributed by atoms with Gasteiger partial charge in [-0.05, 0) is 73.5 Å². The first-order valence-corrected chi connectivity index (χ1v) is 9.61. The van der Waals surface area contributed by atoms with Crippen LogP contribution in [0, 0.1) is 6.92 Å². The summed E-state index contributed by atoms with van der Waals surface area (Å²) in [5, 5.41) is 6.27. The van der Waals surface area contributed by atoms with E-state index in [0.29, 0.717) is 11.7 Å². The summed E-state index contributed by atoms with van der Waals surface area (Å²) >= 11 is 1.73. The quantitative estimate of drug-likeness (QED) is 0.607. The fourth-order valence-corrected chi connectivity index (χ4v) is 3.52. The molecule has 0 aliphatic carbocycles. The van der Waals surface area contributed by atoms with Crippen molar-refractivity contribution in [2.24, 2.45) is 0 Å². The molecule has 0 unspecified atom stereocenters. The van der Waals surface area contributed by atoms with Crippen molar-refractivity contribution in [2.45, 2.75) is 26.2 Å². The highest BCUT2D eigenvalue weighted by Gasteiger charge is 2.14. The molecule has 2 heterocycles. The van der Waals surface area contributed by atoms with Gasteiger partial charge in [0.1, 0.15) is 5.75 Å². The van der Waals surface area contributed by atoms with Crippen molar-refractivity contribution in [3.05, 3.63) is 52.0 Å². The van der Waals surface area contributed by atoms with Crippen LogP contribution in [-0.4, -0.2) is 23.8 Å². The zero-order chi connectivity index (χ0) is 18.4. The molecule has 1 aromatic carbocycles. The largest absolute Gasteiger partial charge is 0.497 e. The predicted octanol–water partition coefficient (Wildman–Crippen LogP) is 4.07. The van der Waals surface area contributed by atoms with Gasteiger partial charge >= 0.3 is 0 Å².